The lowest BCUT2D eigenvalue weighted by molar-refractivity contribution is 0.415. The summed E-state index contributed by atoms with van der Waals surface area (Å²) in [5.74, 6) is 0.734. The van der Waals surface area contributed by atoms with Crippen molar-refractivity contribution in [1.82, 2.24) is 0 Å². The third kappa shape index (κ3) is 3.29. The highest BCUT2D eigenvalue weighted by atomic mass is 35.5. The molecule has 4 nitrogen and oxygen atoms in total. The number of hydrogen-bond donors (Lipinski definition) is 1. The Labute approximate surface area is 178 Å². The molecule has 3 aromatic carbocycles. The molecule has 2 N–H and O–H groups in total. The number of hydrogen-bond acceptors (Lipinski definition) is 5. The van der Waals surface area contributed by atoms with Gasteiger partial charge in [0.05, 0.1) is 23.9 Å². The summed E-state index contributed by atoms with van der Waals surface area (Å²) in [6.45, 7) is 0. The zero-order valence-corrected chi connectivity index (χ0v) is 17.1. The van der Waals surface area contributed by atoms with Gasteiger partial charge in [-0.05, 0) is 47.4 Å². The van der Waals surface area contributed by atoms with Gasteiger partial charge in [0.25, 0.3) is 0 Å². The highest BCUT2D eigenvalue weighted by Crippen LogP contribution is 2.54. The summed E-state index contributed by atoms with van der Waals surface area (Å²) >= 11 is 7.70. The fourth-order valence-electron chi connectivity index (χ4n) is 3.63. The molecule has 6 heteroatoms. The maximum Gasteiger partial charge on any atom is 0.118 e. The van der Waals surface area contributed by atoms with Crippen molar-refractivity contribution < 1.29 is 4.74 Å². The third-order valence-electron chi connectivity index (χ3n) is 5.09. The van der Waals surface area contributed by atoms with Crippen LogP contribution in [-0.2, 0) is 6.42 Å². The molecule has 4 rings (SSSR count). The number of anilines is 1. The standard InChI is InChI=1S/C23H16ClN3OS/c1-28-16-8-4-14(5-9-16)21-19(12-26)22(27)18(11-25)17-10-20(29-23(17)21)13-2-6-15(24)7-3-13/h2-9,20H,10,27H2,1H3. The van der Waals surface area contributed by atoms with Crippen LogP contribution in [0.5, 0.6) is 5.75 Å². The molecule has 0 saturated heterocycles. The van der Waals surface area contributed by atoms with Crippen molar-refractivity contribution in [3.05, 3.63) is 75.8 Å². The number of nitrogens with zero attached hydrogens (tertiary/aromatic N) is 2. The Morgan fingerprint density at radius 3 is 2.28 bits per heavy atom. The minimum Gasteiger partial charge on any atom is -0.497 e. The average molecular weight is 418 g/mol. The van der Waals surface area contributed by atoms with Crippen LogP contribution in [0, 0.1) is 22.7 Å². The number of nitriles is 2. The smallest absolute Gasteiger partial charge is 0.118 e. The minimum atomic E-state index is 0.125. The van der Waals surface area contributed by atoms with Gasteiger partial charge in [0, 0.05) is 20.7 Å². The number of thioether (sulfide) groups is 1. The quantitative estimate of drug-likeness (QED) is 0.550. The Kier molecular flexibility index (Phi) is 5.11. The van der Waals surface area contributed by atoms with Crippen molar-refractivity contribution in [2.45, 2.75) is 16.6 Å². The van der Waals surface area contributed by atoms with Gasteiger partial charge in [-0.2, -0.15) is 10.5 Å². The second-order valence-electron chi connectivity index (χ2n) is 6.66. The zero-order valence-electron chi connectivity index (χ0n) is 15.6. The van der Waals surface area contributed by atoms with E-state index in [4.69, 9.17) is 22.1 Å². The summed E-state index contributed by atoms with van der Waals surface area (Å²) in [6.07, 6.45) is 0.670. The van der Waals surface area contributed by atoms with Gasteiger partial charge in [0.2, 0.25) is 0 Å². The first-order valence-electron chi connectivity index (χ1n) is 8.92. The van der Waals surface area contributed by atoms with E-state index >= 15 is 0 Å². The average Bonchev–Trinajstić information content (AvgIpc) is 3.18. The molecule has 0 radical (unpaired) electrons. The zero-order chi connectivity index (χ0) is 20.5. The number of halogens is 1. The fraction of sp³-hybridized carbons (Fsp3) is 0.130. The minimum absolute atomic E-state index is 0.125. The Hall–Kier alpha value is -3.12. The lowest BCUT2D eigenvalue weighted by Gasteiger charge is -2.15. The molecule has 0 saturated carbocycles. The van der Waals surface area contributed by atoms with Crippen LogP contribution in [0.3, 0.4) is 0 Å². The van der Waals surface area contributed by atoms with Gasteiger partial charge in [0.15, 0.2) is 0 Å². The van der Waals surface area contributed by atoms with Gasteiger partial charge in [0.1, 0.15) is 17.9 Å². The second kappa shape index (κ2) is 7.72. The van der Waals surface area contributed by atoms with Gasteiger partial charge in [-0.3, -0.25) is 0 Å². The number of benzene rings is 3. The van der Waals surface area contributed by atoms with Crippen molar-refractivity contribution in [3.63, 3.8) is 0 Å². The van der Waals surface area contributed by atoms with Crippen molar-refractivity contribution in [2.24, 2.45) is 0 Å². The fourth-order valence-corrected chi connectivity index (χ4v) is 5.25. The predicted octanol–water partition coefficient (Wildman–Crippen LogP) is 5.73. The summed E-state index contributed by atoms with van der Waals surface area (Å²) in [6, 6.07) is 19.7. The third-order valence-corrected chi connectivity index (χ3v) is 6.75. The lowest BCUT2D eigenvalue weighted by atomic mass is 9.90. The van der Waals surface area contributed by atoms with E-state index in [1.807, 2.05) is 48.5 Å². The van der Waals surface area contributed by atoms with Crippen LogP contribution in [0.1, 0.15) is 27.5 Å². The van der Waals surface area contributed by atoms with Gasteiger partial charge >= 0.3 is 0 Å². The molecule has 1 aliphatic rings. The van der Waals surface area contributed by atoms with Crippen molar-refractivity contribution in [1.29, 1.82) is 10.5 Å². The molecule has 0 spiro atoms. The van der Waals surface area contributed by atoms with Crippen molar-refractivity contribution in [3.8, 4) is 29.0 Å². The van der Waals surface area contributed by atoms with Crippen LogP contribution in [0.2, 0.25) is 5.02 Å². The summed E-state index contributed by atoms with van der Waals surface area (Å²) in [5, 5.41) is 20.4. The molecule has 0 aromatic heterocycles. The second-order valence-corrected chi connectivity index (χ2v) is 8.31. The normalized spacial score (nSPS) is 14.7. The molecule has 1 unspecified atom stereocenters. The van der Waals surface area contributed by atoms with Crippen LogP contribution in [0.4, 0.5) is 5.69 Å². The highest BCUT2D eigenvalue weighted by Gasteiger charge is 2.32. The summed E-state index contributed by atoms with van der Waals surface area (Å²) in [5.41, 5.74) is 10.9. The van der Waals surface area contributed by atoms with E-state index < -0.39 is 0 Å². The molecule has 1 atom stereocenters. The Balaban J connectivity index is 1.90. The van der Waals surface area contributed by atoms with Crippen LogP contribution in [0.25, 0.3) is 11.1 Å². The number of rotatable bonds is 3. The van der Waals surface area contributed by atoms with E-state index in [-0.39, 0.29) is 10.9 Å². The van der Waals surface area contributed by atoms with Crippen LogP contribution in [-0.4, -0.2) is 7.11 Å². The highest BCUT2D eigenvalue weighted by molar-refractivity contribution is 8.00. The first kappa shape index (κ1) is 19.2. The summed E-state index contributed by atoms with van der Waals surface area (Å²) < 4.78 is 5.25. The summed E-state index contributed by atoms with van der Waals surface area (Å²) in [4.78, 5) is 0.942. The van der Waals surface area contributed by atoms with Crippen LogP contribution >= 0.6 is 23.4 Å². The molecule has 0 amide bonds. The number of ether oxygens (including phenoxy) is 1. The van der Waals surface area contributed by atoms with Gasteiger partial charge in [-0.25, -0.2) is 0 Å². The number of fused-ring (bicyclic) bond motifs is 1. The SMILES string of the molecule is COc1ccc(-c2c(C#N)c(N)c(C#N)c3c2SC(c2ccc(Cl)cc2)C3)cc1. The molecule has 142 valence electrons. The van der Waals surface area contributed by atoms with E-state index in [0.717, 1.165) is 32.9 Å². The monoisotopic (exact) mass is 417 g/mol. The van der Waals surface area contributed by atoms with Gasteiger partial charge in [-0.15, -0.1) is 11.8 Å². The summed E-state index contributed by atoms with van der Waals surface area (Å²) in [7, 11) is 1.61. The van der Waals surface area contributed by atoms with Crippen molar-refractivity contribution >= 4 is 29.1 Å². The largest absolute Gasteiger partial charge is 0.497 e. The van der Waals surface area contributed by atoms with E-state index in [0.29, 0.717) is 22.6 Å². The topological polar surface area (TPSA) is 82.8 Å². The molecule has 0 bridgehead atoms. The number of nitrogen functional groups attached to an aromatic ring is 1. The molecular weight excluding hydrogens is 402 g/mol. The van der Waals surface area contributed by atoms with E-state index in [1.54, 1.807) is 18.9 Å². The maximum atomic E-state index is 9.84. The van der Waals surface area contributed by atoms with E-state index in [9.17, 15) is 10.5 Å². The Morgan fingerprint density at radius 1 is 1.03 bits per heavy atom. The molecule has 0 aliphatic carbocycles. The van der Waals surface area contributed by atoms with Crippen molar-refractivity contribution in [2.75, 3.05) is 12.8 Å². The number of nitrogens with two attached hydrogens (primary N) is 1. The first-order chi connectivity index (χ1) is 14.1. The lowest BCUT2D eigenvalue weighted by Crippen LogP contribution is -2.03. The van der Waals surface area contributed by atoms with Gasteiger partial charge < -0.3 is 10.5 Å². The predicted molar refractivity (Wildman–Crippen MR) is 116 cm³/mol. The number of methoxy groups -OCH3 is 1. The molecular formula is C23H16ClN3OS. The molecule has 1 aliphatic heterocycles. The molecule has 0 fully saturated rings. The van der Waals surface area contributed by atoms with E-state index in [1.165, 1.54) is 0 Å². The Bertz CT molecular complexity index is 1180. The Morgan fingerprint density at radius 2 is 1.69 bits per heavy atom. The van der Waals surface area contributed by atoms with Crippen LogP contribution in [0.15, 0.2) is 53.4 Å². The molecule has 3 aromatic rings. The van der Waals surface area contributed by atoms with Crippen LogP contribution < -0.4 is 10.5 Å². The van der Waals surface area contributed by atoms with Gasteiger partial charge in [-0.1, -0.05) is 35.9 Å². The molecule has 29 heavy (non-hydrogen) atoms. The maximum absolute atomic E-state index is 9.84. The first-order valence-corrected chi connectivity index (χ1v) is 10.2. The van der Waals surface area contributed by atoms with E-state index in [2.05, 4.69) is 12.1 Å². The molecule has 1 heterocycles.